The van der Waals surface area contributed by atoms with Gasteiger partial charge in [0.25, 0.3) is 5.91 Å². The van der Waals surface area contributed by atoms with E-state index in [1.165, 1.54) is 22.7 Å². The van der Waals surface area contributed by atoms with E-state index in [0.717, 1.165) is 28.3 Å². The van der Waals surface area contributed by atoms with Crippen LogP contribution < -0.4 is 14.8 Å². The zero-order valence-electron chi connectivity index (χ0n) is 14.7. The van der Waals surface area contributed by atoms with Gasteiger partial charge >= 0.3 is 0 Å². The number of carbonyl (C=O) groups is 1. The van der Waals surface area contributed by atoms with Gasteiger partial charge in [-0.15, -0.1) is 22.7 Å². The van der Waals surface area contributed by atoms with Gasteiger partial charge in [-0.1, -0.05) is 23.7 Å². The van der Waals surface area contributed by atoms with Crippen molar-refractivity contribution in [3.05, 3.63) is 45.6 Å². The van der Waals surface area contributed by atoms with Gasteiger partial charge in [0, 0.05) is 17.4 Å². The van der Waals surface area contributed by atoms with Crippen molar-refractivity contribution in [3.63, 3.8) is 0 Å². The lowest BCUT2D eigenvalue weighted by Crippen LogP contribution is -2.25. The SMILES string of the molecule is CC1(C)Cc2cccc(OCC(=O)Nc3nc(-c4ccc(Cl)s4)cs3)c2O1. The maximum absolute atomic E-state index is 12.2. The van der Waals surface area contributed by atoms with Crippen LogP contribution in [0.15, 0.2) is 35.7 Å². The summed E-state index contributed by atoms with van der Waals surface area (Å²) in [6.45, 7) is 3.95. The van der Waals surface area contributed by atoms with Crippen molar-refractivity contribution < 1.29 is 14.3 Å². The van der Waals surface area contributed by atoms with Crippen molar-refractivity contribution in [2.24, 2.45) is 0 Å². The van der Waals surface area contributed by atoms with Gasteiger partial charge in [-0.3, -0.25) is 10.1 Å². The third-order valence-electron chi connectivity index (χ3n) is 3.99. The summed E-state index contributed by atoms with van der Waals surface area (Å²) in [7, 11) is 0. The van der Waals surface area contributed by atoms with E-state index >= 15 is 0 Å². The van der Waals surface area contributed by atoms with E-state index in [1.54, 1.807) is 0 Å². The molecular formula is C19H17ClN2O3S2. The molecule has 0 bridgehead atoms. The fourth-order valence-corrected chi connectivity index (χ4v) is 4.70. The summed E-state index contributed by atoms with van der Waals surface area (Å²) in [5.41, 5.74) is 1.63. The van der Waals surface area contributed by atoms with Gasteiger partial charge in [-0.25, -0.2) is 4.98 Å². The van der Waals surface area contributed by atoms with Crippen LogP contribution in [0.5, 0.6) is 11.5 Å². The molecule has 27 heavy (non-hydrogen) atoms. The summed E-state index contributed by atoms with van der Waals surface area (Å²) in [6.07, 6.45) is 0.820. The first kappa shape index (κ1) is 18.3. The Bertz CT molecular complexity index is 997. The van der Waals surface area contributed by atoms with Crippen molar-refractivity contribution in [2.45, 2.75) is 25.9 Å². The second-order valence-electron chi connectivity index (χ2n) is 6.76. The van der Waals surface area contributed by atoms with Crippen molar-refractivity contribution in [2.75, 3.05) is 11.9 Å². The Morgan fingerprint density at radius 3 is 3.00 bits per heavy atom. The van der Waals surface area contributed by atoms with Gasteiger partial charge in [-0.05, 0) is 32.0 Å². The number of ether oxygens (including phenoxy) is 2. The molecule has 140 valence electrons. The lowest BCUT2D eigenvalue weighted by Gasteiger charge is -2.18. The Morgan fingerprint density at radius 2 is 2.22 bits per heavy atom. The fourth-order valence-electron chi connectivity index (χ4n) is 2.90. The summed E-state index contributed by atoms with van der Waals surface area (Å²) in [6, 6.07) is 9.49. The molecule has 0 unspecified atom stereocenters. The van der Waals surface area contributed by atoms with E-state index in [2.05, 4.69) is 10.3 Å². The molecule has 0 saturated carbocycles. The van der Waals surface area contributed by atoms with Crippen LogP contribution in [0.2, 0.25) is 4.34 Å². The molecular weight excluding hydrogens is 404 g/mol. The van der Waals surface area contributed by atoms with E-state index < -0.39 is 0 Å². The van der Waals surface area contributed by atoms with E-state index in [-0.39, 0.29) is 18.1 Å². The van der Waals surface area contributed by atoms with Crippen molar-refractivity contribution in [3.8, 4) is 22.1 Å². The molecule has 0 atom stereocenters. The Balaban J connectivity index is 1.38. The van der Waals surface area contributed by atoms with Crippen LogP contribution in [-0.4, -0.2) is 23.1 Å². The number of hydrogen-bond donors (Lipinski definition) is 1. The average molecular weight is 421 g/mol. The number of halogens is 1. The van der Waals surface area contributed by atoms with Gasteiger partial charge < -0.3 is 9.47 Å². The lowest BCUT2D eigenvalue weighted by atomic mass is 10.0. The summed E-state index contributed by atoms with van der Waals surface area (Å²) >= 11 is 8.77. The minimum Gasteiger partial charge on any atom is -0.483 e. The smallest absolute Gasteiger partial charge is 0.264 e. The number of hydrogen-bond acceptors (Lipinski definition) is 6. The predicted octanol–water partition coefficient (Wildman–Crippen LogP) is 5.26. The van der Waals surface area contributed by atoms with Crippen LogP contribution in [0, 0.1) is 0 Å². The lowest BCUT2D eigenvalue weighted by molar-refractivity contribution is -0.118. The van der Waals surface area contributed by atoms with E-state index in [9.17, 15) is 4.79 Å². The van der Waals surface area contributed by atoms with E-state index in [1.807, 2.05) is 49.6 Å². The molecule has 3 aromatic rings. The standard InChI is InChI=1S/C19H17ClN2O3S2/c1-19(2)8-11-4-3-5-13(17(11)25-19)24-9-16(23)22-18-21-12(10-26-18)14-6-7-15(20)27-14/h3-7,10H,8-9H2,1-2H3,(H,21,22,23). The largest absolute Gasteiger partial charge is 0.483 e. The zero-order valence-corrected chi connectivity index (χ0v) is 17.1. The second-order valence-corrected chi connectivity index (χ2v) is 9.33. The van der Waals surface area contributed by atoms with E-state index in [4.69, 9.17) is 21.1 Å². The highest BCUT2D eigenvalue weighted by atomic mass is 35.5. The summed E-state index contributed by atoms with van der Waals surface area (Å²) in [5.74, 6) is 1.04. The van der Waals surface area contributed by atoms with Gasteiger partial charge in [0.2, 0.25) is 0 Å². The van der Waals surface area contributed by atoms with Gasteiger partial charge in [-0.2, -0.15) is 0 Å². The number of aromatic nitrogens is 1. The Labute approximate surface area is 169 Å². The maximum Gasteiger partial charge on any atom is 0.264 e. The zero-order chi connectivity index (χ0) is 19.0. The number of thiazole rings is 1. The number of para-hydroxylation sites is 1. The van der Waals surface area contributed by atoms with Crippen molar-refractivity contribution in [1.82, 2.24) is 4.98 Å². The molecule has 0 saturated heterocycles. The number of amides is 1. The number of nitrogens with zero attached hydrogens (tertiary/aromatic N) is 1. The number of nitrogens with one attached hydrogen (secondary N) is 1. The van der Waals surface area contributed by atoms with Crippen LogP contribution in [0.1, 0.15) is 19.4 Å². The van der Waals surface area contributed by atoms with Gasteiger partial charge in [0.15, 0.2) is 23.2 Å². The van der Waals surface area contributed by atoms with Crippen LogP contribution in [0.4, 0.5) is 5.13 Å². The van der Waals surface area contributed by atoms with Gasteiger partial charge in [0.1, 0.15) is 5.60 Å². The Hall–Kier alpha value is -2.09. The Morgan fingerprint density at radius 1 is 1.37 bits per heavy atom. The third kappa shape index (κ3) is 4.10. The van der Waals surface area contributed by atoms with Crippen LogP contribution in [0.3, 0.4) is 0 Å². The number of fused-ring (bicyclic) bond motifs is 1. The third-order valence-corrected chi connectivity index (χ3v) is 6.00. The minimum absolute atomic E-state index is 0.111. The molecule has 0 fully saturated rings. The molecule has 8 heteroatoms. The Kier molecular flexibility index (Phi) is 4.84. The monoisotopic (exact) mass is 420 g/mol. The molecule has 3 heterocycles. The van der Waals surface area contributed by atoms with Gasteiger partial charge in [0.05, 0.1) is 14.9 Å². The molecule has 5 nitrogen and oxygen atoms in total. The number of benzene rings is 1. The molecule has 1 aliphatic heterocycles. The number of rotatable bonds is 5. The molecule has 4 rings (SSSR count). The first-order valence-electron chi connectivity index (χ1n) is 8.34. The number of carbonyl (C=O) groups excluding carboxylic acids is 1. The highest BCUT2D eigenvalue weighted by Gasteiger charge is 2.32. The molecule has 0 radical (unpaired) electrons. The summed E-state index contributed by atoms with van der Waals surface area (Å²) < 4.78 is 12.4. The number of thiophene rings is 1. The quantitative estimate of drug-likeness (QED) is 0.611. The van der Waals surface area contributed by atoms with Crippen LogP contribution in [0.25, 0.3) is 10.6 Å². The molecule has 1 amide bonds. The minimum atomic E-state index is -0.269. The molecule has 0 aliphatic carbocycles. The molecule has 1 aromatic carbocycles. The number of anilines is 1. The van der Waals surface area contributed by atoms with Crippen molar-refractivity contribution >= 4 is 45.3 Å². The maximum atomic E-state index is 12.2. The molecule has 1 N–H and O–H groups in total. The topological polar surface area (TPSA) is 60.5 Å². The average Bonchev–Trinajstić information content (AvgIpc) is 3.30. The first-order valence-corrected chi connectivity index (χ1v) is 10.4. The summed E-state index contributed by atoms with van der Waals surface area (Å²) in [4.78, 5) is 17.6. The van der Waals surface area contributed by atoms with E-state index in [0.29, 0.717) is 15.2 Å². The summed E-state index contributed by atoms with van der Waals surface area (Å²) in [5, 5.41) is 5.18. The highest BCUT2D eigenvalue weighted by molar-refractivity contribution is 7.20. The predicted molar refractivity (Wildman–Crippen MR) is 109 cm³/mol. The highest BCUT2D eigenvalue weighted by Crippen LogP contribution is 2.41. The molecule has 0 spiro atoms. The van der Waals surface area contributed by atoms with Crippen LogP contribution >= 0.6 is 34.3 Å². The fraction of sp³-hybridized carbons (Fsp3) is 0.263. The second kappa shape index (κ2) is 7.14. The van der Waals surface area contributed by atoms with Crippen LogP contribution in [-0.2, 0) is 11.2 Å². The first-order chi connectivity index (χ1) is 12.9. The normalized spacial score (nSPS) is 14.5. The molecule has 2 aromatic heterocycles. The van der Waals surface area contributed by atoms with Crippen molar-refractivity contribution in [1.29, 1.82) is 0 Å². The molecule has 1 aliphatic rings.